The summed E-state index contributed by atoms with van der Waals surface area (Å²) in [6.07, 6.45) is 5.45. The summed E-state index contributed by atoms with van der Waals surface area (Å²) in [6, 6.07) is 0.333. The maximum Gasteiger partial charge on any atom is 0.0636 e. The van der Waals surface area contributed by atoms with E-state index in [-0.39, 0.29) is 38.8 Å². The third kappa shape index (κ3) is 287. The number of hydrogen-bond acceptors (Lipinski definition) is 9. The molecule has 292 valence electrons. The molecule has 0 aromatic rings. The van der Waals surface area contributed by atoms with Crippen LogP contribution in [0.3, 0.4) is 0 Å². The number of ether oxygens (including phenoxy) is 1. The topological polar surface area (TPSA) is 217 Å². The molecule has 9 nitrogen and oxygen atoms in total. The Bertz CT molecular complexity index is 486. The minimum Gasteiger partial charge on any atom is -0.383 e. The van der Waals surface area contributed by atoms with Crippen molar-refractivity contribution in [1.82, 2.24) is 0 Å². The van der Waals surface area contributed by atoms with E-state index in [1.54, 1.807) is 7.11 Å². The number of hydrogen-bond donors (Lipinski definition) is 8. The highest BCUT2D eigenvalue weighted by Gasteiger charge is 2.08. The molecule has 0 saturated carbocycles. The molecule has 16 N–H and O–H groups in total. The van der Waals surface area contributed by atoms with Gasteiger partial charge in [-0.2, -0.15) is 0 Å². The minimum absolute atomic E-state index is 0. The van der Waals surface area contributed by atoms with Crippen molar-refractivity contribution >= 4 is 0 Å². The Hall–Kier alpha value is -0.360. The largest absolute Gasteiger partial charge is 0.383 e. The monoisotopic (exact) mass is 671 g/mol. The molecular formula is C37H98N8O. The van der Waals surface area contributed by atoms with Crippen molar-refractivity contribution in [3.8, 4) is 0 Å². The molecule has 0 saturated heterocycles. The van der Waals surface area contributed by atoms with Crippen LogP contribution in [0, 0.1) is 0 Å². The highest BCUT2D eigenvalue weighted by Crippen LogP contribution is 2.04. The maximum atomic E-state index is 5.65. The van der Waals surface area contributed by atoms with Crippen molar-refractivity contribution in [3.63, 3.8) is 0 Å². The predicted octanol–water partition coefficient (Wildman–Crippen LogP) is 7.14. The van der Waals surface area contributed by atoms with Crippen LogP contribution in [0.1, 0.15) is 184 Å². The van der Waals surface area contributed by atoms with Gasteiger partial charge in [-0.25, -0.2) is 0 Å². The van der Waals surface area contributed by atoms with Gasteiger partial charge in [0.15, 0.2) is 0 Å². The lowest BCUT2D eigenvalue weighted by Gasteiger charge is -2.15. The zero-order valence-corrected chi connectivity index (χ0v) is 36.3. The van der Waals surface area contributed by atoms with Crippen LogP contribution in [0.15, 0.2) is 0 Å². The first-order chi connectivity index (χ1) is 19.5. The summed E-state index contributed by atoms with van der Waals surface area (Å²) < 4.78 is 4.78. The smallest absolute Gasteiger partial charge is 0.0636 e. The number of rotatable bonds is 7. The SMILES string of the molecule is CC(C)(C)N.CC(C)(C)N.CC(C)N.CCC(C)(C)N.CCC(C)(C)N.CCC(C)(C)N.CCCC(C)(C)N.COCC(C)(C)N. The number of methoxy groups -OCH3 is 1. The third-order valence-electron chi connectivity index (χ3n) is 4.14. The van der Waals surface area contributed by atoms with Gasteiger partial charge >= 0.3 is 0 Å². The highest BCUT2D eigenvalue weighted by atomic mass is 16.5. The normalized spacial score (nSPS) is 11.7. The first-order valence-electron chi connectivity index (χ1n) is 17.3. The molecule has 0 spiro atoms. The summed E-state index contributed by atoms with van der Waals surface area (Å²) in [5.41, 5.74) is 43.6. The van der Waals surface area contributed by atoms with Gasteiger partial charge in [-0.15, -0.1) is 0 Å². The molecule has 46 heavy (non-hydrogen) atoms. The van der Waals surface area contributed by atoms with Crippen LogP contribution in [0.2, 0.25) is 0 Å². The molecule has 0 rings (SSSR count). The molecule has 0 bridgehead atoms. The Morgan fingerprint density at radius 1 is 0.435 bits per heavy atom. The number of nitrogens with two attached hydrogens (primary N) is 8. The van der Waals surface area contributed by atoms with E-state index in [4.69, 9.17) is 50.6 Å². The van der Waals surface area contributed by atoms with Crippen LogP contribution in [0.25, 0.3) is 0 Å². The standard InChI is InChI=1S/C6H15N.C5H13NO.3C5H13N.2C4H11N.C3H9N/c1-4-5-6(2,3)7;1-5(2,6)4-7-3;3*1-4-5(2,3)6;2*1-4(2,3)5;1-3(2)4/h4-5,7H2,1-3H3;4,6H2,1-3H3;3*4,6H2,1-3H3;2*5H2,1-3H3;3H,4H2,1-2H3. The van der Waals surface area contributed by atoms with E-state index in [2.05, 4.69) is 41.5 Å². The van der Waals surface area contributed by atoms with Gasteiger partial charge in [0.25, 0.3) is 0 Å². The Balaban J connectivity index is -0.0000000601. The van der Waals surface area contributed by atoms with E-state index in [0.29, 0.717) is 12.6 Å². The Labute approximate surface area is 293 Å². The van der Waals surface area contributed by atoms with E-state index >= 15 is 0 Å². The molecular weight excluding hydrogens is 572 g/mol. The molecule has 0 fully saturated rings. The molecule has 0 atom stereocenters. The molecule has 0 aliphatic carbocycles. The molecule has 0 radical (unpaired) electrons. The van der Waals surface area contributed by atoms with Crippen molar-refractivity contribution in [2.45, 2.75) is 229 Å². The molecule has 0 amide bonds. The highest BCUT2D eigenvalue weighted by molar-refractivity contribution is 4.70. The van der Waals surface area contributed by atoms with E-state index in [1.807, 2.05) is 111 Å². The molecule has 0 aromatic heterocycles. The second-order valence-electron chi connectivity index (χ2n) is 18.2. The van der Waals surface area contributed by atoms with Crippen LogP contribution < -0.4 is 45.9 Å². The van der Waals surface area contributed by atoms with Gasteiger partial charge in [-0.05, 0) is 143 Å². The van der Waals surface area contributed by atoms with Crippen LogP contribution in [-0.4, -0.2) is 58.5 Å². The second-order valence-corrected chi connectivity index (χ2v) is 18.2. The van der Waals surface area contributed by atoms with Gasteiger partial charge in [-0.3, -0.25) is 0 Å². The predicted molar refractivity (Wildman–Crippen MR) is 216 cm³/mol. The van der Waals surface area contributed by atoms with Crippen LogP contribution in [0.5, 0.6) is 0 Å². The zero-order valence-electron chi connectivity index (χ0n) is 36.3. The molecule has 9 heteroatoms. The first-order valence-corrected chi connectivity index (χ1v) is 17.3. The summed E-state index contributed by atoms with van der Waals surface area (Å²) in [4.78, 5) is 0. The zero-order chi connectivity index (χ0) is 40.0. The van der Waals surface area contributed by atoms with Crippen molar-refractivity contribution in [2.24, 2.45) is 45.9 Å². The second kappa shape index (κ2) is 31.9. The van der Waals surface area contributed by atoms with Crippen molar-refractivity contribution in [2.75, 3.05) is 13.7 Å². The average Bonchev–Trinajstić information content (AvgIpc) is 2.69. The molecule has 0 aliphatic rings. The Morgan fingerprint density at radius 2 is 0.587 bits per heavy atom. The third-order valence-corrected chi connectivity index (χ3v) is 4.14. The summed E-state index contributed by atoms with van der Waals surface area (Å²) in [7, 11) is 1.65. The lowest BCUT2D eigenvalue weighted by atomic mass is 10.0. The van der Waals surface area contributed by atoms with Crippen molar-refractivity contribution in [1.29, 1.82) is 0 Å². The van der Waals surface area contributed by atoms with E-state index < -0.39 is 0 Å². The fourth-order valence-electron chi connectivity index (χ4n) is 1.02. The molecule has 0 aromatic carbocycles. The van der Waals surface area contributed by atoms with Gasteiger partial charge in [-0.1, -0.05) is 48.0 Å². The van der Waals surface area contributed by atoms with Crippen molar-refractivity contribution in [3.05, 3.63) is 0 Å². The molecule has 0 aliphatic heterocycles. The van der Waals surface area contributed by atoms with Crippen LogP contribution in [-0.2, 0) is 4.74 Å². The lowest BCUT2D eigenvalue weighted by molar-refractivity contribution is 0.149. The Kier molecular flexibility index (Phi) is 44.5. The average molecular weight is 671 g/mol. The summed E-state index contributed by atoms with van der Waals surface area (Å²) in [5, 5.41) is 0. The fraction of sp³-hybridized carbons (Fsp3) is 1.00. The van der Waals surface area contributed by atoms with Gasteiger partial charge in [0.1, 0.15) is 0 Å². The fourth-order valence-corrected chi connectivity index (χ4v) is 1.02. The van der Waals surface area contributed by atoms with E-state index in [1.165, 1.54) is 6.42 Å². The van der Waals surface area contributed by atoms with Crippen LogP contribution >= 0.6 is 0 Å². The van der Waals surface area contributed by atoms with Gasteiger partial charge in [0.05, 0.1) is 6.61 Å². The van der Waals surface area contributed by atoms with Crippen molar-refractivity contribution < 1.29 is 4.74 Å². The lowest BCUT2D eigenvalue weighted by Crippen LogP contribution is -2.36. The summed E-state index contributed by atoms with van der Waals surface area (Å²) in [5.74, 6) is 0. The van der Waals surface area contributed by atoms with Gasteiger partial charge < -0.3 is 50.6 Å². The summed E-state index contributed by atoms with van der Waals surface area (Å²) >= 11 is 0. The quantitative estimate of drug-likeness (QED) is 0.138. The molecule has 0 heterocycles. The van der Waals surface area contributed by atoms with Crippen LogP contribution in [0.4, 0.5) is 0 Å². The van der Waals surface area contributed by atoms with E-state index in [0.717, 1.165) is 25.7 Å². The molecule has 0 unspecified atom stereocenters. The Morgan fingerprint density at radius 3 is 0.587 bits per heavy atom. The van der Waals surface area contributed by atoms with Gasteiger partial charge in [0, 0.05) is 45.9 Å². The van der Waals surface area contributed by atoms with Gasteiger partial charge in [0.2, 0.25) is 0 Å². The minimum atomic E-state index is -0.172. The summed E-state index contributed by atoms with van der Waals surface area (Å²) in [6.45, 7) is 44.8. The maximum absolute atomic E-state index is 5.65. The first kappa shape index (κ1) is 64.2. The van der Waals surface area contributed by atoms with E-state index in [9.17, 15) is 0 Å².